The van der Waals surface area contributed by atoms with Gasteiger partial charge in [-0.25, -0.2) is 14.1 Å². The minimum absolute atomic E-state index is 0.00614. The molecule has 2 aliphatic rings. The van der Waals surface area contributed by atoms with E-state index in [-0.39, 0.29) is 5.69 Å². The summed E-state index contributed by atoms with van der Waals surface area (Å²) in [6.45, 7) is 0.828. The fraction of sp³-hybridized carbons (Fsp3) is 0.385. The maximum absolute atomic E-state index is 13.7. The van der Waals surface area contributed by atoms with Gasteiger partial charge in [0, 0.05) is 26.1 Å². The normalized spacial score (nSPS) is 21.8. The molecular weight excluding hydrogens is 251 g/mol. The molecule has 0 atom stereocenters. The first kappa shape index (κ1) is 12.1. The third kappa shape index (κ3) is 1.79. The van der Waals surface area contributed by atoms with Crippen molar-refractivity contribution in [3.05, 3.63) is 30.1 Å². The molecule has 0 radical (unpaired) electrons. The third-order valence-electron chi connectivity index (χ3n) is 3.60. The van der Waals surface area contributed by atoms with E-state index in [0.29, 0.717) is 26.1 Å². The third-order valence-corrected chi connectivity index (χ3v) is 3.60. The summed E-state index contributed by atoms with van der Waals surface area (Å²) < 4.78 is 19.0. The van der Waals surface area contributed by atoms with Crippen LogP contribution < -0.4 is 10.2 Å². The van der Waals surface area contributed by atoms with E-state index in [1.165, 1.54) is 18.2 Å². The van der Waals surface area contributed by atoms with Crippen LogP contribution in [0.1, 0.15) is 12.8 Å². The highest BCUT2D eigenvalue weighted by Crippen LogP contribution is 2.32. The van der Waals surface area contributed by atoms with Crippen molar-refractivity contribution >= 4 is 17.6 Å². The van der Waals surface area contributed by atoms with Gasteiger partial charge in [0.05, 0.1) is 5.69 Å². The molecule has 1 aromatic rings. The summed E-state index contributed by atoms with van der Waals surface area (Å²) >= 11 is 0. The van der Waals surface area contributed by atoms with Crippen molar-refractivity contribution in [2.75, 3.05) is 18.1 Å². The molecule has 0 saturated carbocycles. The number of halogens is 1. The Morgan fingerprint density at radius 3 is 2.58 bits per heavy atom. The number of hydrogen-bond acceptors (Lipinski definition) is 3. The highest BCUT2D eigenvalue weighted by molar-refractivity contribution is 6.23. The summed E-state index contributed by atoms with van der Waals surface area (Å²) in [6.07, 6.45) is 0.838. The predicted molar refractivity (Wildman–Crippen MR) is 65.2 cm³/mol. The summed E-state index contributed by atoms with van der Waals surface area (Å²) in [4.78, 5) is 25.4. The summed E-state index contributed by atoms with van der Waals surface area (Å²) in [7, 11) is 0. The van der Waals surface area contributed by atoms with Gasteiger partial charge in [-0.05, 0) is 12.1 Å². The number of hydrogen-bond donors (Lipinski definition) is 1. The lowest BCUT2D eigenvalue weighted by atomic mass is 9.90. The number of nitrogens with one attached hydrogen (secondary N) is 1. The average Bonchev–Trinajstić information content (AvgIpc) is 2.63. The first-order valence-corrected chi connectivity index (χ1v) is 6.13. The fourth-order valence-corrected chi connectivity index (χ4v) is 2.53. The van der Waals surface area contributed by atoms with Crippen LogP contribution in [0.25, 0.3) is 0 Å². The first-order valence-electron chi connectivity index (χ1n) is 6.13. The van der Waals surface area contributed by atoms with Crippen molar-refractivity contribution in [1.29, 1.82) is 0 Å². The number of urea groups is 1. The van der Waals surface area contributed by atoms with E-state index in [1.807, 2.05) is 0 Å². The van der Waals surface area contributed by atoms with E-state index >= 15 is 0 Å². The molecular formula is C13H13FN2O3. The van der Waals surface area contributed by atoms with Gasteiger partial charge in [0.2, 0.25) is 0 Å². The van der Waals surface area contributed by atoms with Gasteiger partial charge in [0.25, 0.3) is 5.91 Å². The topological polar surface area (TPSA) is 58.6 Å². The SMILES string of the molecule is O=C1NC2(CCOCC2)C(=O)N1c1ccccc1F. The van der Waals surface area contributed by atoms with Crippen LogP contribution in [0.5, 0.6) is 0 Å². The molecule has 2 aliphatic heterocycles. The molecule has 0 aromatic heterocycles. The van der Waals surface area contributed by atoms with E-state index in [0.717, 1.165) is 4.90 Å². The number of amides is 3. The monoisotopic (exact) mass is 264 g/mol. The summed E-state index contributed by atoms with van der Waals surface area (Å²) in [5.41, 5.74) is -0.939. The number of anilines is 1. The second kappa shape index (κ2) is 4.31. The van der Waals surface area contributed by atoms with Gasteiger partial charge in [-0.1, -0.05) is 12.1 Å². The molecule has 2 saturated heterocycles. The Kier molecular flexibility index (Phi) is 2.74. The molecule has 1 N–H and O–H groups in total. The maximum Gasteiger partial charge on any atom is 0.329 e. The van der Waals surface area contributed by atoms with Gasteiger partial charge < -0.3 is 10.1 Å². The molecule has 3 rings (SSSR count). The maximum atomic E-state index is 13.7. The minimum Gasteiger partial charge on any atom is -0.381 e. The lowest BCUT2D eigenvalue weighted by Crippen LogP contribution is -2.51. The molecule has 2 fully saturated rings. The standard InChI is InChI=1S/C13H13FN2O3/c14-9-3-1-2-4-10(9)16-11(17)13(15-12(16)18)5-7-19-8-6-13/h1-4H,5-8H2,(H,15,18). The largest absolute Gasteiger partial charge is 0.381 e. The van der Waals surface area contributed by atoms with Crippen LogP contribution in [0.15, 0.2) is 24.3 Å². The van der Waals surface area contributed by atoms with Crippen LogP contribution in [-0.2, 0) is 9.53 Å². The number of carbonyl (C=O) groups excluding carboxylic acids is 2. The zero-order valence-electron chi connectivity index (χ0n) is 10.2. The van der Waals surface area contributed by atoms with Crippen LogP contribution in [0.3, 0.4) is 0 Å². The molecule has 3 amide bonds. The van der Waals surface area contributed by atoms with Gasteiger partial charge in [0.15, 0.2) is 0 Å². The van der Waals surface area contributed by atoms with Crippen molar-refractivity contribution in [3.63, 3.8) is 0 Å². The number of benzene rings is 1. The summed E-state index contributed by atoms with van der Waals surface area (Å²) in [5, 5.41) is 2.69. The van der Waals surface area contributed by atoms with Gasteiger partial charge in [-0.3, -0.25) is 4.79 Å². The number of rotatable bonds is 1. The van der Waals surface area contributed by atoms with E-state index in [4.69, 9.17) is 4.74 Å². The molecule has 0 unspecified atom stereocenters. The van der Waals surface area contributed by atoms with Crippen LogP contribution >= 0.6 is 0 Å². The molecule has 0 aliphatic carbocycles. The van der Waals surface area contributed by atoms with Crippen LogP contribution in [0.2, 0.25) is 0 Å². The highest BCUT2D eigenvalue weighted by Gasteiger charge is 2.52. The van der Waals surface area contributed by atoms with E-state index < -0.39 is 23.3 Å². The number of imide groups is 1. The quantitative estimate of drug-likeness (QED) is 0.781. The Morgan fingerprint density at radius 1 is 1.21 bits per heavy atom. The van der Waals surface area contributed by atoms with Crippen molar-refractivity contribution in [1.82, 2.24) is 5.32 Å². The highest BCUT2D eigenvalue weighted by atomic mass is 19.1. The Hall–Kier alpha value is -1.95. The Morgan fingerprint density at radius 2 is 1.89 bits per heavy atom. The number of para-hydroxylation sites is 1. The van der Waals surface area contributed by atoms with Gasteiger partial charge in [-0.2, -0.15) is 0 Å². The van der Waals surface area contributed by atoms with Crippen LogP contribution in [0, 0.1) is 5.82 Å². The number of nitrogens with zero attached hydrogens (tertiary/aromatic N) is 1. The molecule has 5 nitrogen and oxygen atoms in total. The molecule has 100 valence electrons. The molecule has 1 aromatic carbocycles. The van der Waals surface area contributed by atoms with Crippen molar-refractivity contribution in [2.24, 2.45) is 0 Å². The average molecular weight is 264 g/mol. The predicted octanol–water partition coefficient (Wildman–Crippen LogP) is 1.43. The van der Waals surface area contributed by atoms with Gasteiger partial charge >= 0.3 is 6.03 Å². The Balaban J connectivity index is 1.98. The number of ether oxygens (including phenoxy) is 1. The summed E-state index contributed by atoms with van der Waals surface area (Å²) in [5.74, 6) is -0.985. The second-order valence-electron chi connectivity index (χ2n) is 4.72. The van der Waals surface area contributed by atoms with E-state index in [2.05, 4.69) is 5.32 Å². The van der Waals surface area contributed by atoms with Crippen LogP contribution in [0.4, 0.5) is 14.9 Å². The zero-order chi connectivity index (χ0) is 13.5. The van der Waals surface area contributed by atoms with E-state index in [1.54, 1.807) is 6.07 Å². The molecule has 0 bridgehead atoms. The molecule has 2 heterocycles. The van der Waals surface area contributed by atoms with Crippen LogP contribution in [-0.4, -0.2) is 30.7 Å². The second-order valence-corrected chi connectivity index (χ2v) is 4.72. The van der Waals surface area contributed by atoms with E-state index in [9.17, 15) is 14.0 Å². The molecule has 6 heteroatoms. The number of carbonyl (C=O) groups is 2. The zero-order valence-corrected chi connectivity index (χ0v) is 10.2. The van der Waals surface area contributed by atoms with Crippen molar-refractivity contribution in [2.45, 2.75) is 18.4 Å². The van der Waals surface area contributed by atoms with Gasteiger partial charge in [0.1, 0.15) is 11.4 Å². The smallest absolute Gasteiger partial charge is 0.329 e. The fourth-order valence-electron chi connectivity index (χ4n) is 2.53. The Bertz CT molecular complexity index is 540. The van der Waals surface area contributed by atoms with Crippen molar-refractivity contribution < 1.29 is 18.7 Å². The lowest BCUT2D eigenvalue weighted by molar-refractivity contribution is -0.125. The molecule has 1 spiro atoms. The van der Waals surface area contributed by atoms with Gasteiger partial charge in [-0.15, -0.1) is 0 Å². The minimum atomic E-state index is -0.933. The Labute approximate surface area is 109 Å². The van der Waals surface area contributed by atoms with Crippen molar-refractivity contribution in [3.8, 4) is 0 Å². The first-order chi connectivity index (χ1) is 9.14. The summed E-state index contributed by atoms with van der Waals surface area (Å²) in [6, 6.07) is 5.18. The lowest BCUT2D eigenvalue weighted by Gasteiger charge is -2.30. The molecule has 19 heavy (non-hydrogen) atoms.